The topological polar surface area (TPSA) is 99.5 Å². The van der Waals surface area contributed by atoms with Gasteiger partial charge in [0.1, 0.15) is 5.76 Å². The van der Waals surface area contributed by atoms with E-state index >= 15 is 0 Å². The van der Waals surface area contributed by atoms with Gasteiger partial charge in [-0.05, 0) is 36.8 Å². The minimum Gasteiger partial charge on any atom is -0.493 e. The minimum atomic E-state index is -0.490. The first-order valence-corrected chi connectivity index (χ1v) is 8.81. The summed E-state index contributed by atoms with van der Waals surface area (Å²) in [7, 11) is 4.65. The van der Waals surface area contributed by atoms with E-state index in [4.69, 9.17) is 18.6 Å². The van der Waals surface area contributed by atoms with Gasteiger partial charge in [0.2, 0.25) is 11.5 Å². The number of rotatable bonds is 5. The molecule has 0 saturated heterocycles. The maximum absolute atomic E-state index is 11.7. The van der Waals surface area contributed by atoms with Gasteiger partial charge < -0.3 is 18.6 Å². The van der Waals surface area contributed by atoms with Crippen LogP contribution in [-0.2, 0) is 0 Å². The van der Waals surface area contributed by atoms with Gasteiger partial charge in [-0.1, -0.05) is 0 Å². The summed E-state index contributed by atoms with van der Waals surface area (Å²) in [5.74, 6) is 2.03. The second kappa shape index (κ2) is 7.31. The van der Waals surface area contributed by atoms with Crippen molar-refractivity contribution in [2.24, 2.45) is 0 Å². The van der Waals surface area contributed by atoms with Gasteiger partial charge in [-0.3, -0.25) is 9.97 Å². The molecular formula is C21H19N3O5. The van der Waals surface area contributed by atoms with Crippen LogP contribution in [0.25, 0.3) is 33.6 Å². The zero-order valence-electron chi connectivity index (χ0n) is 16.4. The summed E-state index contributed by atoms with van der Waals surface area (Å²) in [6.07, 6.45) is 3.21. The Labute approximate surface area is 166 Å². The Morgan fingerprint density at radius 2 is 1.66 bits per heavy atom. The number of furan rings is 1. The standard InChI is InChI=1S/C21H19N3O5/c1-11-5-6-12(9-22-11)18-17(14-10-23-21(25)24-20(14)29-18)13-7-15(26-2)19(28-4)16(8-13)27-3/h5-10H,1-4H3,(H,23,24,25). The SMILES string of the molecule is COc1cc(-c2c(-c3ccc(C)nc3)oc3[nH]c(=O)ncc23)cc(OC)c1OC. The first-order valence-electron chi connectivity index (χ1n) is 8.81. The Balaban J connectivity index is 2.06. The molecule has 8 heteroatoms. The summed E-state index contributed by atoms with van der Waals surface area (Å²) in [6, 6.07) is 7.44. The molecule has 0 unspecified atom stereocenters. The summed E-state index contributed by atoms with van der Waals surface area (Å²) in [4.78, 5) is 22.6. The molecule has 0 aliphatic heterocycles. The number of methoxy groups -OCH3 is 3. The Kier molecular flexibility index (Phi) is 4.67. The number of hydrogen-bond acceptors (Lipinski definition) is 7. The second-order valence-electron chi connectivity index (χ2n) is 6.34. The van der Waals surface area contributed by atoms with Gasteiger partial charge in [-0.25, -0.2) is 9.78 Å². The molecule has 0 spiro atoms. The van der Waals surface area contributed by atoms with Crippen molar-refractivity contribution < 1.29 is 18.6 Å². The molecule has 1 N–H and O–H groups in total. The Bertz CT molecular complexity index is 1220. The molecule has 0 amide bonds. The average Bonchev–Trinajstić information content (AvgIpc) is 3.11. The van der Waals surface area contributed by atoms with E-state index in [-0.39, 0.29) is 0 Å². The molecule has 0 fully saturated rings. The lowest BCUT2D eigenvalue weighted by Gasteiger charge is -2.14. The number of nitrogens with one attached hydrogen (secondary N) is 1. The monoisotopic (exact) mass is 393 g/mol. The van der Waals surface area contributed by atoms with Gasteiger partial charge in [0.25, 0.3) is 0 Å². The number of ether oxygens (including phenoxy) is 3. The summed E-state index contributed by atoms with van der Waals surface area (Å²) >= 11 is 0. The third-order valence-electron chi connectivity index (χ3n) is 4.60. The maximum atomic E-state index is 11.7. The molecular weight excluding hydrogens is 374 g/mol. The van der Waals surface area contributed by atoms with Gasteiger partial charge in [-0.2, -0.15) is 0 Å². The lowest BCUT2D eigenvalue weighted by Crippen LogP contribution is -2.07. The number of aromatic amines is 1. The Hall–Kier alpha value is -3.81. The number of aromatic nitrogens is 3. The first-order chi connectivity index (χ1) is 14.0. The van der Waals surface area contributed by atoms with Crippen LogP contribution in [0, 0.1) is 6.92 Å². The fourth-order valence-corrected chi connectivity index (χ4v) is 3.23. The molecule has 148 valence electrons. The van der Waals surface area contributed by atoms with Crippen LogP contribution in [0.2, 0.25) is 0 Å². The van der Waals surface area contributed by atoms with Crippen LogP contribution in [0.4, 0.5) is 0 Å². The van der Waals surface area contributed by atoms with Crippen LogP contribution in [0.15, 0.2) is 45.9 Å². The zero-order valence-corrected chi connectivity index (χ0v) is 16.4. The van der Waals surface area contributed by atoms with Gasteiger partial charge in [0.05, 0.1) is 26.7 Å². The molecule has 8 nitrogen and oxygen atoms in total. The summed E-state index contributed by atoms with van der Waals surface area (Å²) in [5.41, 5.74) is 2.96. The first kappa shape index (κ1) is 18.5. The predicted molar refractivity (Wildman–Crippen MR) is 108 cm³/mol. The number of fused-ring (bicyclic) bond motifs is 1. The molecule has 0 radical (unpaired) electrons. The third-order valence-corrected chi connectivity index (χ3v) is 4.60. The Morgan fingerprint density at radius 3 is 2.24 bits per heavy atom. The number of benzene rings is 1. The largest absolute Gasteiger partial charge is 0.493 e. The van der Waals surface area contributed by atoms with Gasteiger partial charge >= 0.3 is 5.69 Å². The average molecular weight is 393 g/mol. The fourth-order valence-electron chi connectivity index (χ4n) is 3.23. The van der Waals surface area contributed by atoms with Crippen LogP contribution in [-0.4, -0.2) is 36.3 Å². The van der Waals surface area contributed by atoms with Gasteiger partial charge in [0.15, 0.2) is 11.5 Å². The summed E-state index contributed by atoms with van der Waals surface area (Å²) in [5, 5.41) is 0.648. The van der Waals surface area contributed by atoms with Crippen molar-refractivity contribution in [3.05, 3.63) is 52.8 Å². The lowest BCUT2D eigenvalue weighted by atomic mass is 9.99. The fraction of sp³-hybridized carbons (Fsp3) is 0.190. The second-order valence-corrected chi connectivity index (χ2v) is 6.34. The van der Waals surface area contributed by atoms with Gasteiger partial charge in [-0.15, -0.1) is 0 Å². The van der Waals surface area contributed by atoms with E-state index < -0.39 is 5.69 Å². The molecule has 0 bridgehead atoms. The number of hydrogen-bond donors (Lipinski definition) is 1. The molecule has 4 aromatic rings. The van der Waals surface area contributed by atoms with Crippen LogP contribution >= 0.6 is 0 Å². The highest BCUT2D eigenvalue weighted by Crippen LogP contribution is 2.46. The van der Waals surface area contributed by atoms with E-state index in [1.165, 1.54) is 6.20 Å². The van der Waals surface area contributed by atoms with E-state index in [2.05, 4.69) is 15.0 Å². The highest BCUT2D eigenvalue weighted by Gasteiger charge is 2.22. The quantitative estimate of drug-likeness (QED) is 0.553. The highest BCUT2D eigenvalue weighted by atomic mass is 16.5. The highest BCUT2D eigenvalue weighted by molar-refractivity contribution is 6.00. The Morgan fingerprint density at radius 1 is 0.931 bits per heavy atom. The van der Waals surface area contributed by atoms with Crippen molar-refractivity contribution in [2.75, 3.05) is 21.3 Å². The minimum absolute atomic E-state index is 0.323. The van der Waals surface area contributed by atoms with E-state index in [1.54, 1.807) is 27.5 Å². The molecule has 3 heterocycles. The van der Waals surface area contributed by atoms with Crippen molar-refractivity contribution in [2.45, 2.75) is 6.92 Å². The molecule has 0 atom stereocenters. The molecule has 0 aliphatic carbocycles. The molecule has 3 aromatic heterocycles. The molecule has 29 heavy (non-hydrogen) atoms. The summed E-state index contributed by atoms with van der Waals surface area (Å²) in [6.45, 7) is 1.91. The van der Waals surface area contributed by atoms with Crippen molar-refractivity contribution in [3.8, 4) is 39.7 Å². The molecule has 0 aliphatic rings. The number of aryl methyl sites for hydroxylation is 1. The molecule has 4 rings (SSSR count). The predicted octanol–water partition coefficient (Wildman–Crippen LogP) is 3.58. The molecule has 0 saturated carbocycles. The van der Waals surface area contributed by atoms with Crippen LogP contribution in [0.5, 0.6) is 17.2 Å². The lowest BCUT2D eigenvalue weighted by molar-refractivity contribution is 0.324. The number of H-pyrrole nitrogens is 1. The van der Waals surface area contributed by atoms with Crippen molar-refractivity contribution >= 4 is 11.1 Å². The third kappa shape index (κ3) is 3.18. The van der Waals surface area contributed by atoms with Crippen LogP contribution in [0.1, 0.15) is 5.69 Å². The van der Waals surface area contributed by atoms with Gasteiger partial charge in [0, 0.05) is 29.2 Å². The summed E-state index contributed by atoms with van der Waals surface area (Å²) < 4.78 is 22.4. The van der Waals surface area contributed by atoms with Crippen LogP contribution < -0.4 is 19.9 Å². The smallest absolute Gasteiger partial charge is 0.347 e. The van der Waals surface area contributed by atoms with Crippen molar-refractivity contribution in [3.63, 3.8) is 0 Å². The van der Waals surface area contributed by atoms with E-state index in [0.717, 1.165) is 22.4 Å². The van der Waals surface area contributed by atoms with Crippen LogP contribution in [0.3, 0.4) is 0 Å². The van der Waals surface area contributed by atoms with E-state index in [9.17, 15) is 4.79 Å². The number of nitrogens with zero attached hydrogens (tertiary/aromatic N) is 2. The molecule has 1 aromatic carbocycles. The zero-order chi connectivity index (χ0) is 20.5. The normalized spacial score (nSPS) is 10.9. The van der Waals surface area contributed by atoms with E-state index in [0.29, 0.717) is 34.1 Å². The van der Waals surface area contributed by atoms with Crippen molar-refractivity contribution in [1.29, 1.82) is 0 Å². The van der Waals surface area contributed by atoms with Crippen molar-refractivity contribution in [1.82, 2.24) is 15.0 Å². The maximum Gasteiger partial charge on any atom is 0.347 e. The number of pyridine rings is 1. The van der Waals surface area contributed by atoms with E-state index in [1.807, 2.05) is 31.2 Å².